The van der Waals surface area contributed by atoms with Crippen molar-refractivity contribution in [3.63, 3.8) is 0 Å². The number of alkyl halides is 3. The minimum absolute atomic E-state index is 0.0787. The van der Waals surface area contributed by atoms with Crippen molar-refractivity contribution in [1.82, 2.24) is 10.2 Å². The van der Waals surface area contributed by atoms with Crippen molar-refractivity contribution in [1.29, 1.82) is 0 Å². The molecule has 0 aliphatic carbocycles. The number of carbonyl (C=O) groups excluding carboxylic acids is 2. The highest BCUT2D eigenvalue weighted by Gasteiger charge is 2.34. The van der Waals surface area contributed by atoms with Gasteiger partial charge < -0.3 is 10.2 Å². The number of hydrogen-bond acceptors (Lipinski definition) is 4. The van der Waals surface area contributed by atoms with E-state index in [-0.39, 0.29) is 11.6 Å². The maximum absolute atomic E-state index is 13.4. The maximum atomic E-state index is 13.4. The molecule has 13 heteroatoms. The standard InChI is InChI=1S/C23H26Cl2F3N3O4S/c1-4-11-29-22(33)15(2)30(13-16-5-8-18(24)9-6-16)21(32)14-31(36(3,34)35)20-12-17(23(26,27)28)7-10-19(20)25/h5-10,12,15H,4,11,13-14H2,1-3H3,(H,29,33)/t15-/m1/s1. The molecule has 0 aliphatic heterocycles. The molecule has 0 saturated heterocycles. The Hall–Kier alpha value is -2.50. The highest BCUT2D eigenvalue weighted by atomic mass is 35.5. The lowest BCUT2D eigenvalue weighted by atomic mass is 10.1. The SMILES string of the molecule is CCCNC(=O)[C@@H](C)N(Cc1ccc(Cl)cc1)C(=O)CN(c1cc(C(F)(F)F)ccc1Cl)S(C)(=O)=O. The third kappa shape index (κ3) is 8.01. The fourth-order valence-electron chi connectivity index (χ4n) is 3.24. The zero-order chi connectivity index (χ0) is 27.3. The van der Waals surface area contributed by atoms with Crippen molar-refractivity contribution in [2.75, 3.05) is 23.7 Å². The molecule has 0 heterocycles. The van der Waals surface area contributed by atoms with Crippen molar-refractivity contribution < 1.29 is 31.2 Å². The summed E-state index contributed by atoms with van der Waals surface area (Å²) >= 11 is 12.0. The predicted octanol–water partition coefficient (Wildman–Crippen LogP) is 4.72. The predicted molar refractivity (Wildman–Crippen MR) is 133 cm³/mol. The van der Waals surface area contributed by atoms with E-state index < -0.39 is 51.9 Å². The minimum atomic E-state index is -4.76. The molecule has 2 aromatic rings. The number of hydrogen-bond donors (Lipinski definition) is 1. The van der Waals surface area contributed by atoms with Crippen LogP contribution in [-0.4, -0.2) is 50.5 Å². The smallest absolute Gasteiger partial charge is 0.354 e. The molecule has 2 amide bonds. The molecule has 2 aromatic carbocycles. The number of amides is 2. The van der Waals surface area contributed by atoms with E-state index in [2.05, 4.69) is 5.32 Å². The highest BCUT2D eigenvalue weighted by molar-refractivity contribution is 7.92. The van der Waals surface area contributed by atoms with E-state index in [0.717, 1.165) is 17.2 Å². The number of anilines is 1. The van der Waals surface area contributed by atoms with Crippen LogP contribution in [0.1, 0.15) is 31.4 Å². The van der Waals surface area contributed by atoms with Gasteiger partial charge in [-0.15, -0.1) is 0 Å². The third-order valence-electron chi connectivity index (χ3n) is 5.20. The Kier molecular flexibility index (Phi) is 10.0. The maximum Gasteiger partial charge on any atom is 0.416 e. The van der Waals surface area contributed by atoms with Gasteiger partial charge in [-0.25, -0.2) is 8.42 Å². The Morgan fingerprint density at radius 1 is 1.08 bits per heavy atom. The van der Waals surface area contributed by atoms with Crippen LogP contribution >= 0.6 is 23.2 Å². The van der Waals surface area contributed by atoms with Gasteiger partial charge in [0, 0.05) is 18.1 Å². The summed E-state index contributed by atoms with van der Waals surface area (Å²) in [5, 5.41) is 2.84. The summed E-state index contributed by atoms with van der Waals surface area (Å²) in [5.41, 5.74) is -1.03. The molecule has 1 atom stereocenters. The molecule has 0 saturated carbocycles. The zero-order valence-electron chi connectivity index (χ0n) is 19.8. The molecule has 0 radical (unpaired) electrons. The summed E-state index contributed by atoms with van der Waals surface area (Å²) in [6.45, 7) is 2.73. The van der Waals surface area contributed by atoms with Crippen molar-refractivity contribution >= 4 is 50.7 Å². The van der Waals surface area contributed by atoms with E-state index in [1.165, 1.54) is 6.92 Å². The van der Waals surface area contributed by atoms with E-state index >= 15 is 0 Å². The summed E-state index contributed by atoms with van der Waals surface area (Å²) in [4.78, 5) is 27.2. The van der Waals surface area contributed by atoms with Gasteiger partial charge in [0.25, 0.3) is 0 Å². The monoisotopic (exact) mass is 567 g/mol. The topological polar surface area (TPSA) is 86.8 Å². The Balaban J connectivity index is 2.47. The van der Waals surface area contributed by atoms with Gasteiger partial charge in [0.05, 0.1) is 22.5 Å². The first-order valence-corrected chi connectivity index (χ1v) is 13.4. The molecular weight excluding hydrogens is 542 g/mol. The number of halogens is 5. The number of carbonyl (C=O) groups is 2. The van der Waals surface area contributed by atoms with Crippen molar-refractivity contribution in [3.05, 3.63) is 63.6 Å². The molecule has 2 rings (SSSR count). The van der Waals surface area contributed by atoms with Crippen LogP contribution in [0.15, 0.2) is 42.5 Å². The van der Waals surface area contributed by atoms with Crippen LogP contribution in [0.2, 0.25) is 10.0 Å². The fraction of sp³-hybridized carbons (Fsp3) is 0.391. The quantitative estimate of drug-likeness (QED) is 0.450. The van der Waals surface area contributed by atoms with E-state index in [1.54, 1.807) is 24.3 Å². The zero-order valence-corrected chi connectivity index (χ0v) is 22.1. The third-order valence-corrected chi connectivity index (χ3v) is 6.90. The first-order valence-electron chi connectivity index (χ1n) is 10.8. The Morgan fingerprint density at radius 2 is 1.69 bits per heavy atom. The van der Waals surface area contributed by atoms with Gasteiger partial charge in [0.15, 0.2) is 0 Å². The van der Waals surface area contributed by atoms with Crippen LogP contribution in [0.4, 0.5) is 18.9 Å². The summed E-state index contributed by atoms with van der Waals surface area (Å²) in [6.07, 6.45) is -3.36. The van der Waals surface area contributed by atoms with E-state index in [9.17, 15) is 31.2 Å². The van der Waals surface area contributed by atoms with Crippen molar-refractivity contribution in [3.8, 4) is 0 Å². The lowest BCUT2D eigenvalue weighted by molar-refractivity contribution is -0.139. The molecule has 0 spiro atoms. The van der Waals surface area contributed by atoms with Crippen LogP contribution in [0.5, 0.6) is 0 Å². The van der Waals surface area contributed by atoms with Gasteiger partial charge in [-0.3, -0.25) is 13.9 Å². The highest BCUT2D eigenvalue weighted by Crippen LogP contribution is 2.36. The van der Waals surface area contributed by atoms with Gasteiger partial charge in [-0.2, -0.15) is 13.2 Å². The molecule has 0 fully saturated rings. The second kappa shape index (κ2) is 12.2. The normalized spacial score (nSPS) is 12.7. The van der Waals surface area contributed by atoms with Crippen molar-refractivity contribution in [2.24, 2.45) is 0 Å². The molecule has 0 unspecified atom stereocenters. The van der Waals surface area contributed by atoms with E-state index in [1.807, 2.05) is 6.92 Å². The van der Waals surface area contributed by atoms with Crippen LogP contribution in [-0.2, 0) is 32.3 Å². The van der Waals surface area contributed by atoms with Crippen LogP contribution in [0, 0.1) is 0 Å². The number of sulfonamides is 1. The molecule has 7 nitrogen and oxygen atoms in total. The lowest BCUT2D eigenvalue weighted by Crippen LogP contribution is -2.51. The van der Waals surface area contributed by atoms with Gasteiger partial charge in [-0.05, 0) is 49.2 Å². The first kappa shape index (κ1) is 29.7. The van der Waals surface area contributed by atoms with Crippen molar-refractivity contribution in [2.45, 2.75) is 39.0 Å². The number of nitrogens with zero attached hydrogens (tertiary/aromatic N) is 2. The number of rotatable bonds is 10. The summed E-state index contributed by atoms with van der Waals surface area (Å²) in [7, 11) is -4.25. The average molecular weight is 568 g/mol. The molecule has 198 valence electrons. The second-order valence-electron chi connectivity index (χ2n) is 8.05. The van der Waals surface area contributed by atoms with Crippen LogP contribution < -0.4 is 9.62 Å². The molecule has 1 N–H and O–H groups in total. The van der Waals surface area contributed by atoms with Gasteiger partial charge in [-0.1, -0.05) is 42.3 Å². The summed E-state index contributed by atoms with van der Waals surface area (Å²) in [6, 6.07) is 7.62. The lowest BCUT2D eigenvalue weighted by Gasteiger charge is -2.32. The molecule has 0 bridgehead atoms. The summed E-state index contributed by atoms with van der Waals surface area (Å²) in [5.74, 6) is -1.29. The molecular formula is C23H26Cl2F3N3O4S. The Morgan fingerprint density at radius 3 is 2.22 bits per heavy atom. The van der Waals surface area contributed by atoms with Gasteiger partial charge in [0.2, 0.25) is 21.8 Å². The molecule has 0 aliphatic rings. The number of nitrogens with one attached hydrogen (secondary N) is 1. The number of benzene rings is 2. The summed E-state index contributed by atoms with van der Waals surface area (Å²) < 4.78 is 65.5. The van der Waals surface area contributed by atoms with E-state index in [0.29, 0.717) is 40.0 Å². The van der Waals surface area contributed by atoms with E-state index in [4.69, 9.17) is 23.2 Å². The minimum Gasteiger partial charge on any atom is -0.354 e. The molecule has 0 aromatic heterocycles. The van der Waals surface area contributed by atoms with Crippen LogP contribution in [0.25, 0.3) is 0 Å². The largest absolute Gasteiger partial charge is 0.416 e. The van der Waals surface area contributed by atoms with Gasteiger partial charge in [0.1, 0.15) is 12.6 Å². The Bertz CT molecular complexity index is 1190. The first-order chi connectivity index (χ1) is 16.6. The average Bonchev–Trinajstić information content (AvgIpc) is 2.79. The Labute approximate surface area is 218 Å². The van der Waals surface area contributed by atoms with Gasteiger partial charge >= 0.3 is 6.18 Å². The van der Waals surface area contributed by atoms with Crippen LogP contribution in [0.3, 0.4) is 0 Å². The second-order valence-corrected chi connectivity index (χ2v) is 10.8. The fourth-order valence-corrected chi connectivity index (χ4v) is 4.49. The molecule has 36 heavy (non-hydrogen) atoms.